The van der Waals surface area contributed by atoms with Crippen molar-refractivity contribution < 1.29 is 4.92 Å². The van der Waals surface area contributed by atoms with Crippen LogP contribution >= 0.6 is 0 Å². The Morgan fingerprint density at radius 2 is 2.06 bits per heavy atom. The number of benzene rings is 1. The molecule has 0 atom stereocenters. The minimum atomic E-state index is -0.363. The summed E-state index contributed by atoms with van der Waals surface area (Å²) in [6.07, 6.45) is 4.87. The zero-order valence-electron chi connectivity index (χ0n) is 10.5. The van der Waals surface area contributed by atoms with Crippen LogP contribution in [0.5, 0.6) is 0 Å². The molecule has 1 rings (SSSR count). The van der Waals surface area contributed by atoms with E-state index >= 15 is 0 Å². The number of nitro groups is 1. The summed E-state index contributed by atoms with van der Waals surface area (Å²) in [4.78, 5) is 10.2. The third-order valence-corrected chi connectivity index (χ3v) is 2.77. The van der Waals surface area contributed by atoms with E-state index in [2.05, 4.69) is 12.2 Å². The lowest BCUT2D eigenvalue weighted by Crippen LogP contribution is -2.03. The van der Waals surface area contributed by atoms with Crippen molar-refractivity contribution in [2.75, 3.05) is 11.9 Å². The van der Waals surface area contributed by atoms with Crippen LogP contribution in [0.3, 0.4) is 0 Å². The van der Waals surface area contributed by atoms with E-state index in [1.807, 2.05) is 6.92 Å². The van der Waals surface area contributed by atoms with E-state index in [1.165, 1.54) is 19.3 Å². The average molecular weight is 236 g/mol. The zero-order chi connectivity index (χ0) is 12.7. The van der Waals surface area contributed by atoms with Gasteiger partial charge in [0.25, 0.3) is 5.69 Å². The first-order valence-corrected chi connectivity index (χ1v) is 6.14. The van der Waals surface area contributed by atoms with Crippen molar-refractivity contribution in [3.05, 3.63) is 33.9 Å². The second-order valence-electron chi connectivity index (χ2n) is 4.24. The average Bonchev–Trinajstić information content (AvgIpc) is 2.30. The van der Waals surface area contributed by atoms with Crippen molar-refractivity contribution in [2.45, 2.75) is 39.5 Å². The number of anilines is 1. The van der Waals surface area contributed by atoms with E-state index in [-0.39, 0.29) is 10.6 Å². The molecule has 94 valence electrons. The summed E-state index contributed by atoms with van der Waals surface area (Å²) in [6.45, 7) is 5.01. The van der Waals surface area contributed by atoms with Gasteiger partial charge in [-0.25, -0.2) is 0 Å². The lowest BCUT2D eigenvalue weighted by molar-refractivity contribution is -0.384. The van der Waals surface area contributed by atoms with Crippen LogP contribution in [0.15, 0.2) is 18.2 Å². The van der Waals surface area contributed by atoms with Gasteiger partial charge in [-0.3, -0.25) is 10.1 Å². The van der Waals surface area contributed by atoms with Gasteiger partial charge in [-0.1, -0.05) is 26.2 Å². The molecular formula is C13H20N2O2. The molecule has 0 radical (unpaired) electrons. The van der Waals surface area contributed by atoms with Gasteiger partial charge in [0.1, 0.15) is 0 Å². The Hall–Kier alpha value is -1.58. The van der Waals surface area contributed by atoms with Crippen molar-refractivity contribution in [1.82, 2.24) is 0 Å². The van der Waals surface area contributed by atoms with Crippen LogP contribution in [0, 0.1) is 17.0 Å². The summed E-state index contributed by atoms with van der Waals surface area (Å²) in [6, 6.07) is 4.93. The number of non-ortho nitro benzene ring substituents is 1. The van der Waals surface area contributed by atoms with E-state index in [0.717, 1.165) is 24.2 Å². The van der Waals surface area contributed by atoms with Crippen molar-refractivity contribution >= 4 is 11.4 Å². The fourth-order valence-corrected chi connectivity index (χ4v) is 1.73. The highest BCUT2D eigenvalue weighted by atomic mass is 16.6. The molecule has 0 spiro atoms. The lowest BCUT2D eigenvalue weighted by atomic mass is 10.1. The number of nitrogens with zero attached hydrogens (tertiary/aromatic N) is 1. The molecule has 0 saturated heterocycles. The van der Waals surface area contributed by atoms with Gasteiger partial charge in [0.05, 0.1) is 4.92 Å². The number of unbranched alkanes of at least 4 members (excludes halogenated alkanes) is 3. The van der Waals surface area contributed by atoms with Crippen molar-refractivity contribution in [3.8, 4) is 0 Å². The molecule has 4 heteroatoms. The number of nitrogens with one attached hydrogen (secondary N) is 1. The summed E-state index contributed by atoms with van der Waals surface area (Å²) in [7, 11) is 0. The molecule has 0 fully saturated rings. The molecule has 17 heavy (non-hydrogen) atoms. The number of aryl methyl sites for hydroxylation is 1. The Labute approximate surface area is 102 Å². The third-order valence-electron chi connectivity index (χ3n) is 2.77. The fraction of sp³-hybridized carbons (Fsp3) is 0.538. The molecule has 0 aliphatic rings. The molecule has 0 saturated carbocycles. The topological polar surface area (TPSA) is 55.2 Å². The first-order valence-electron chi connectivity index (χ1n) is 6.14. The Balaban J connectivity index is 2.46. The van der Waals surface area contributed by atoms with Crippen LogP contribution in [-0.2, 0) is 0 Å². The second-order valence-corrected chi connectivity index (χ2v) is 4.24. The fourth-order valence-electron chi connectivity index (χ4n) is 1.73. The lowest BCUT2D eigenvalue weighted by Gasteiger charge is -2.08. The normalized spacial score (nSPS) is 10.2. The Bertz CT molecular complexity index is 378. The quantitative estimate of drug-likeness (QED) is 0.444. The van der Waals surface area contributed by atoms with Crippen LogP contribution in [0.1, 0.15) is 38.2 Å². The number of nitro benzene ring substituents is 1. The minimum Gasteiger partial charge on any atom is -0.385 e. The number of rotatable bonds is 7. The molecule has 0 amide bonds. The summed E-state index contributed by atoms with van der Waals surface area (Å²) in [5.41, 5.74) is 2.07. The molecule has 0 aromatic heterocycles. The molecule has 4 nitrogen and oxygen atoms in total. The molecule has 0 bridgehead atoms. The molecule has 0 aliphatic carbocycles. The van der Waals surface area contributed by atoms with Crippen LogP contribution in [0.2, 0.25) is 0 Å². The van der Waals surface area contributed by atoms with Crippen LogP contribution < -0.4 is 5.32 Å². The Kier molecular flexibility index (Phi) is 5.46. The van der Waals surface area contributed by atoms with Gasteiger partial charge in [0, 0.05) is 24.4 Å². The van der Waals surface area contributed by atoms with Crippen LogP contribution in [0.4, 0.5) is 11.4 Å². The molecule has 0 heterocycles. The van der Waals surface area contributed by atoms with Gasteiger partial charge >= 0.3 is 0 Å². The summed E-state index contributed by atoms with van der Waals surface area (Å²) < 4.78 is 0. The number of hydrogen-bond donors (Lipinski definition) is 1. The van der Waals surface area contributed by atoms with Gasteiger partial charge in [-0.05, 0) is 25.0 Å². The van der Waals surface area contributed by atoms with Gasteiger partial charge in [-0.15, -0.1) is 0 Å². The molecule has 0 unspecified atom stereocenters. The first kappa shape index (κ1) is 13.5. The predicted octanol–water partition coefficient (Wildman–Crippen LogP) is 3.90. The Morgan fingerprint density at radius 1 is 1.29 bits per heavy atom. The van der Waals surface area contributed by atoms with Crippen LogP contribution in [0.25, 0.3) is 0 Å². The highest BCUT2D eigenvalue weighted by Gasteiger charge is 2.07. The molecular weight excluding hydrogens is 216 g/mol. The van der Waals surface area contributed by atoms with Gasteiger partial charge < -0.3 is 5.32 Å². The maximum atomic E-state index is 10.6. The monoisotopic (exact) mass is 236 g/mol. The van der Waals surface area contributed by atoms with Gasteiger partial charge in [0.2, 0.25) is 0 Å². The maximum absolute atomic E-state index is 10.6. The minimum absolute atomic E-state index is 0.152. The molecule has 1 aromatic rings. The summed E-state index contributed by atoms with van der Waals surface area (Å²) in [5, 5.41) is 13.9. The molecule has 0 aliphatic heterocycles. The highest BCUT2D eigenvalue weighted by molar-refractivity contribution is 5.55. The standard InChI is InChI=1S/C13H20N2O2/c1-3-4-5-6-9-14-13-8-7-12(15(16)17)10-11(13)2/h7-8,10,14H,3-6,9H2,1-2H3. The van der Waals surface area contributed by atoms with E-state index in [0.29, 0.717) is 0 Å². The third kappa shape index (κ3) is 4.43. The van der Waals surface area contributed by atoms with Crippen LogP contribution in [-0.4, -0.2) is 11.5 Å². The SMILES string of the molecule is CCCCCCNc1ccc([N+](=O)[O-])cc1C. The van der Waals surface area contributed by atoms with E-state index < -0.39 is 0 Å². The van der Waals surface area contributed by atoms with Gasteiger partial charge in [-0.2, -0.15) is 0 Å². The zero-order valence-corrected chi connectivity index (χ0v) is 10.5. The van der Waals surface area contributed by atoms with Crippen molar-refractivity contribution in [2.24, 2.45) is 0 Å². The van der Waals surface area contributed by atoms with Gasteiger partial charge in [0.15, 0.2) is 0 Å². The number of hydrogen-bond acceptors (Lipinski definition) is 3. The van der Waals surface area contributed by atoms with E-state index in [9.17, 15) is 10.1 Å². The maximum Gasteiger partial charge on any atom is 0.269 e. The first-order chi connectivity index (χ1) is 8.15. The summed E-state index contributed by atoms with van der Waals surface area (Å²) >= 11 is 0. The largest absolute Gasteiger partial charge is 0.385 e. The summed E-state index contributed by atoms with van der Waals surface area (Å²) in [5.74, 6) is 0. The van der Waals surface area contributed by atoms with Crippen molar-refractivity contribution in [3.63, 3.8) is 0 Å². The van der Waals surface area contributed by atoms with E-state index in [4.69, 9.17) is 0 Å². The molecule has 1 N–H and O–H groups in total. The smallest absolute Gasteiger partial charge is 0.269 e. The van der Waals surface area contributed by atoms with Crippen molar-refractivity contribution in [1.29, 1.82) is 0 Å². The molecule has 1 aromatic carbocycles. The second kappa shape index (κ2) is 6.89. The van der Waals surface area contributed by atoms with E-state index in [1.54, 1.807) is 18.2 Å². The predicted molar refractivity (Wildman–Crippen MR) is 70.5 cm³/mol. The highest BCUT2D eigenvalue weighted by Crippen LogP contribution is 2.21. The Morgan fingerprint density at radius 3 is 2.65 bits per heavy atom.